The highest BCUT2D eigenvalue weighted by Crippen LogP contribution is 2.39. The molecule has 2 nitrogen and oxygen atoms in total. The number of nitrogens with one attached hydrogen (secondary N) is 1. The molecule has 1 aliphatic rings. The van der Waals surface area contributed by atoms with E-state index < -0.39 is 0 Å². The summed E-state index contributed by atoms with van der Waals surface area (Å²) in [5, 5.41) is 3.53. The first-order chi connectivity index (χ1) is 9.12. The Balaban J connectivity index is 2.26. The van der Waals surface area contributed by atoms with Crippen molar-refractivity contribution in [3.63, 3.8) is 0 Å². The maximum Gasteiger partial charge on any atom is 0.0694 e. The predicted octanol–water partition coefficient (Wildman–Crippen LogP) is 4.53. The van der Waals surface area contributed by atoms with Crippen molar-refractivity contribution in [2.45, 2.75) is 90.7 Å². The van der Waals surface area contributed by atoms with Crippen molar-refractivity contribution in [3.8, 4) is 0 Å². The molecular formula is C17H35NO. The quantitative estimate of drug-likeness (QED) is 0.595. The number of ether oxygens (including phenoxy) is 1. The van der Waals surface area contributed by atoms with Gasteiger partial charge in [-0.3, -0.25) is 0 Å². The van der Waals surface area contributed by atoms with Crippen molar-refractivity contribution in [2.75, 3.05) is 13.2 Å². The van der Waals surface area contributed by atoms with Gasteiger partial charge in [-0.05, 0) is 44.6 Å². The Morgan fingerprint density at radius 3 is 2.42 bits per heavy atom. The molecule has 114 valence electrons. The van der Waals surface area contributed by atoms with Crippen LogP contribution in [0.4, 0.5) is 0 Å². The van der Waals surface area contributed by atoms with Crippen LogP contribution in [0.2, 0.25) is 0 Å². The zero-order valence-corrected chi connectivity index (χ0v) is 13.6. The first-order valence-electron chi connectivity index (χ1n) is 8.49. The predicted molar refractivity (Wildman–Crippen MR) is 83.6 cm³/mol. The van der Waals surface area contributed by atoms with Crippen LogP contribution in [0.15, 0.2) is 0 Å². The highest BCUT2D eigenvalue weighted by Gasteiger charge is 2.37. The lowest BCUT2D eigenvalue weighted by molar-refractivity contribution is -0.116. The van der Waals surface area contributed by atoms with Crippen molar-refractivity contribution in [2.24, 2.45) is 5.92 Å². The number of hydrogen-bond acceptors (Lipinski definition) is 2. The Bertz CT molecular complexity index is 223. The largest absolute Gasteiger partial charge is 0.375 e. The molecule has 2 heteroatoms. The summed E-state index contributed by atoms with van der Waals surface area (Å²) in [5.41, 5.74) is 0.224. The Hall–Kier alpha value is -0.0800. The smallest absolute Gasteiger partial charge is 0.0694 e. The molecule has 0 heterocycles. The summed E-state index contributed by atoms with van der Waals surface area (Å²) in [5.74, 6) is 0.774. The van der Waals surface area contributed by atoms with Crippen molar-refractivity contribution < 1.29 is 4.74 Å². The van der Waals surface area contributed by atoms with E-state index in [4.69, 9.17) is 4.74 Å². The molecule has 0 aromatic heterocycles. The second kappa shape index (κ2) is 8.97. The normalized spacial score (nSPS) is 19.4. The zero-order chi connectivity index (χ0) is 14.1. The highest BCUT2D eigenvalue weighted by atomic mass is 16.5. The molecule has 19 heavy (non-hydrogen) atoms. The minimum absolute atomic E-state index is 0.224. The van der Waals surface area contributed by atoms with Gasteiger partial charge < -0.3 is 10.1 Å². The van der Waals surface area contributed by atoms with Crippen LogP contribution in [0.5, 0.6) is 0 Å². The molecule has 1 fully saturated rings. The van der Waals surface area contributed by atoms with Crippen LogP contribution >= 0.6 is 0 Å². The van der Waals surface area contributed by atoms with Gasteiger partial charge in [-0.2, -0.15) is 0 Å². The average molecular weight is 269 g/mol. The summed E-state index contributed by atoms with van der Waals surface area (Å²) in [6, 6.07) is 0.588. The van der Waals surface area contributed by atoms with Crippen LogP contribution in [0.3, 0.4) is 0 Å². The molecule has 1 rings (SSSR count). The molecule has 0 aromatic carbocycles. The third-order valence-corrected chi connectivity index (χ3v) is 4.57. The SMILES string of the molecule is CCCCC(CC)COC1(CCNC(C)C)CCC1. The van der Waals surface area contributed by atoms with E-state index in [0.717, 1.165) is 19.1 Å². The van der Waals surface area contributed by atoms with Crippen LogP contribution in [0.25, 0.3) is 0 Å². The van der Waals surface area contributed by atoms with Crippen LogP contribution in [0.1, 0.15) is 79.1 Å². The first kappa shape index (κ1) is 17.0. The highest BCUT2D eigenvalue weighted by molar-refractivity contribution is 4.90. The fourth-order valence-electron chi connectivity index (χ4n) is 2.82. The van der Waals surface area contributed by atoms with Crippen molar-refractivity contribution in [1.82, 2.24) is 5.32 Å². The van der Waals surface area contributed by atoms with Gasteiger partial charge in [0.15, 0.2) is 0 Å². The summed E-state index contributed by atoms with van der Waals surface area (Å²) in [7, 11) is 0. The minimum atomic E-state index is 0.224. The molecule has 1 aliphatic carbocycles. The van der Waals surface area contributed by atoms with E-state index in [1.165, 1.54) is 51.4 Å². The molecule has 0 radical (unpaired) electrons. The molecule has 0 saturated heterocycles. The standard InChI is InChI=1S/C17H35NO/c1-5-7-9-16(6-2)14-19-17(10-8-11-17)12-13-18-15(3)4/h15-16,18H,5-14H2,1-4H3. The second-order valence-corrected chi connectivity index (χ2v) is 6.62. The summed E-state index contributed by atoms with van der Waals surface area (Å²) in [4.78, 5) is 0. The Labute approximate surface area is 120 Å². The van der Waals surface area contributed by atoms with E-state index in [2.05, 4.69) is 33.0 Å². The van der Waals surface area contributed by atoms with E-state index in [-0.39, 0.29) is 5.60 Å². The molecule has 0 amide bonds. The maximum atomic E-state index is 6.36. The van der Waals surface area contributed by atoms with Gasteiger partial charge in [0, 0.05) is 6.04 Å². The van der Waals surface area contributed by atoms with Crippen LogP contribution in [-0.2, 0) is 4.74 Å². The minimum Gasteiger partial charge on any atom is -0.375 e. The van der Waals surface area contributed by atoms with Gasteiger partial charge in [-0.1, -0.05) is 47.0 Å². The maximum absolute atomic E-state index is 6.36. The fraction of sp³-hybridized carbons (Fsp3) is 1.00. The lowest BCUT2D eigenvalue weighted by Gasteiger charge is -2.43. The van der Waals surface area contributed by atoms with Crippen molar-refractivity contribution in [3.05, 3.63) is 0 Å². The number of unbranched alkanes of at least 4 members (excludes halogenated alkanes) is 1. The van der Waals surface area contributed by atoms with Crippen LogP contribution in [0, 0.1) is 5.92 Å². The first-order valence-corrected chi connectivity index (χ1v) is 8.49. The van der Waals surface area contributed by atoms with Gasteiger partial charge in [-0.15, -0.1) is 0 Å². The van der Waals surface area contributed by atoms with E-state index >= 15 is 0 Å². The van der Waals surface area contributed by atoms with E-state index in [1.807, 2.05) is 0 Å². The van der Waals surface area contributed by atoms with Crippen LogP contribution in [-0.4, -0.2) is 24.8 Å². The van der Waals surface area contributed by atoms with Gasteiger partial charge in [0.25, 0.3) is 0 Å². The molecule has 1 saturated carbocycles. The van der Waals surface area contributed by atoms with E-state index in [9.17, 15) is 0 Å². The average Bonchev–Trinajstić information content (AvgIpc) is 2.34. The molecule has 0 bridgehead atoms. The Morgan fingerprint density at radius 1 is 1.21 bits per heavy atom. The van der Waals surface area contributed by atoms with Gasteiger partial charge in [0.1, 0.15) is 0 Å². The Morgan fingerprint density at radius 2 is 1.95 bits per heavy atom. The van der Waals surface area contributed by atoms with Crippen molar-refractivity contribution in [1.29, 1.82) is 0 Å². The summed E-state index contributed by atoms with van der Waals surface area (Å²) < 4.78 is 6.36. The van der Waals surface area contributed by atoms with Crippen molar-refractivity contribution >= 4 is 0 Å². The lowest BCUT2D eigenvalue weighted by atomic mass is 9.77. The third-order valence-electron chi connectivity index (χ3n) is 4.57. The molecular weight excluding hydrogens is 234 g/mol. The van der Waals surface area contributed by atoms with E-state index in [1.54, 1.807) is 0 Å². The van der Waals surface area contributed by atoms with Gasteiger partial charge in [-0.25, -0.2) is 0 Å². The summed E-state index contributed by atoms with van der Waals surface area (Å²) >= 11 is 0. The zero-order valence-electron chi connectivity index (χ0n) is 13.6. The summed E-state index contributed by atoms with van der Waals surface area (Å²) in [6.07, 6.45) is 10.4. The monoisotopic (exact) mass is 269 g/mol. The second-order valence-electron chi connectivity index (χ2n) is 6.62. The molecule has 0 aromatic rings. The topological polar surface area (TPSA) is 21.3 Å². The third kappa shape index (κ3) is 6.27. The van der Waals surface area contributed by atoms with Gasteiger partial charge >= 0.3 is 0 Å². The summed E-state index contributed by atoms with van der Waals surface area (Å²) in [6.45, 7) is 11.1. The molecule has 0 aliphatic heterocycles. The fourth-order valence-corrected chi connectivity index (χ4v) is 2.82. The number of rotatable bonds is 11. The van der Waals surface area contributed by atoms with Crippen LogP contribution < -0.4 is 5.32 Å². The Kier molecular flexibility index (Phi) is 8.01. The number of hydrogen-bond donors (Lipinski definition) is 1. The van der Waals surface area contributed by atoms with E-state index in [0.29, 0.717) is 6.04 Å². The lowest BCUT2D eigenvalue weighted by Crippen LogP contribution is -2.44. The molecule has 1 atom stereocenters. The van der Waals surface area contributed by atoms with Gasteiger partial charge in [0.2, 0.25) is 0 Å². The molecule has 0 spiro atoms. The molecule has 1 N–H and O–H groups in total. The molecule has 1 unspecified atom stereocenters. The van der Waals surface area contributed by atoms with Gasteiger partial charge in [0.05, 0.1) is 12.2 Å².